The van der Waals surface area contributed by atoms with E-state index in [0.29, 0.717) is 12.1 Å². The van der Waals surface area contributed by atoms with E-state index in [1.807, 2.05) is 24.3 Å². The molecule has 0 bridgehead atoms. The minimum Gasteiger partial charge on any atom is -0.308 e. The second kappa shape index (κ2) is 7.04. The highest BCUT2D eigenvalue weighted by Gasteiger charge is 2.32. The molecule has 0 aromatic heterocycles. The van der Waals surface area contributed by atoms with Gasteiger partial charge in [-0.15, -0.1) is 11.8 Å². The van der Waals surface area contributed by atoms with Gasteiger partial charge in [0, 0.05) is 23.5 Å². The number of aryl methyl sites for hydroxylation is 1. The number of anilines is 1. The number of benzene rings is 2. The molecule has 2 amide bonds. The van der Waals surface area contributed by atoms with E-state index in [4.69, 9.17) is 0 Å². The van der Waals surface area contributed by atoms with E-state index in [9.17, 15) is 9.18 Å². The number of nitrogens with zero attached hydrogens (tertiary/aromatic N) is 1. The normalized spacial score (nSPS) is 17.3. The summed E-state index contributed by atoms with van der Waals surface area (Å²) in [5, 5.41) is 2.66. The lowest BCUT2D eigenvalue weighted by molar-refractivity contribution is 0.213. The Labute approximate surface area is 139 Å². The number of carbonyl (C=O) groups excluding carboxylic acids is 1. The van der Waals surface area contributed by atoms with Gasteiger partial charge in [0.1, 0.15) is 11.2 Å². The second-order valence-electron chi connectivity index (χ2n) is 5.42. The van der Waals surface area contributed by atoms with Crippen molar-refractivity contribution >= 4 is 23.5 Å². The summed E-state index contributed by atoms with van der Waals surface area (Å²) in [7, 11) is 0. The molecule has 1 heterocycles. The SMILES string of the molecule is CCc1cccc(NC(=O)N2CCS[C@H]2c2ccccc2F)c1. The van der Waals surface area contributed by atoms with Crippen LogP contribution in [-0.2, 0) is 6.42 Å². The number of amides is 2. The topological polar surface area (TPSA) is 32.3 Å². The summed E-state index contributed by atoms with van der Waals surface area (Å²) >= 11 is 1.59. The lowest BCUT2D eigenvalue weighted by Crippen LogP contribution is -2.34. The fourth-order valence-electron chi connectivity index (χ4n) is 2.68. The molecule has 2 aromatic carbocycles. The van der Waals surface area contributed by atoms with Crippen molar-refractivity contribution in [2.24, 2.45) is 0 Å². The van der Waals surface area contributed by atoms with Gasteiger partial charge >= 0.3 is 6.03 Å². The molecule has 1 N–H and O–H groups in total. The third kappa shape index (κ3) is 3.50. The van der Waals surface area contributed by atoms with Crippen LogP contribution < -0.4 is 5.32 Å². The number of urea groups is 1. The van der Waals surface area contributed by atoms with Crippen molar-refractivity contribution in [1.82, 2.24) is 4.90 Å². The van der Waals surface area contributed by atoms with Crippen molar-refractivity contribution in [1.29, 1.82) is 0 Å². The van der Waals surface area contributed by atoms with E-state index in [-0.39, 0.29) is 17.2 Å². The highest BCUT2D eigenvalue weighted by atomic mass is 32.2. The van der Waals surface area contributed by atoms with Gasteiger partial charge in [0.05, 0.1) is 0 Å². The molecule has 2 aromatic rings. The molecule has 1 saturated heterocycles. The van der Waals surface area contributed by atoms with E-state index in [1.54, 1.807) is 34.9 Å². The van der Waals surface area contributed by atoms with Crippen molar-refractivity contribution in [3.8, 4) is 0 Å². The largest absolute Gasteiger partial charge is 0.323 e. The third-order valence-corrected chi connectivity index (χ3v) is 5.15. The summed E-state index contributed by atoms with van der Waals surface area (Å²) in [4.78, 5) is 14.3. The van der Waals surface area contributed by atoms with Crippen molar-refractivity contribution in [3.05, 3.63) is 65.5 Å². The van der Waals surface area contributed by atoms with Crippen LogP contribution in [0.5, 0.6) is 0 Å². The molecule has 0 aliphatic carbocycles. The highest BCUT2D eigenvalue weighted by Crippen LogP contribution is 2.39. The monoisotopic (exact) mass is 330 g/mol. The van der Waals surface area contributed by atoms with Crippen LogP contribution in [0.2, 0.25) is 0 Å². The first-order valence-electron chi connectivity index (χ1n) is 7.71. The molecule has 120 valence electrons. The maximum atomic E-state index is 14.0. The number of rotatable bonds is 3. The summed E-state index contributed by atoms with van der Waals surface area (Å²) in [6.45, 7) is 2.69. The zero-order valence-electron chi connectivity index (χ0n) is 13.0. The van der Waals surface area contributed by atoms with Crippen LogP contribution in [0.25, 0.3) is 0 Å². The first kappa shape index (κ1) is 15.9. The summed E-state index contributed by atoms with van der Waals surface area (Å²) in [6, 6.07) is 14.3. The first-order chi connectivity index (χ1) is 11.2. The number of thioether (sulfide) groups is 1. The van der Waals surface area contributed by atoms with Gasteiger partial charge < -0.3 is 10.2 Å². The summed E-state index contributed by atoms with van der Waals surface area (Å²) in [5.41, 5.74) is 2.51. The molecule has 0 unspecified atom stereocenters. The minimum absolute atomic E-state index is 0.184. The van der Waals surface area contributed by atoms with Crippen molar-refractivity contribution in [2.45, 2.75) is 18.7 Å². The number of hydrogen-bond acceptors (Lipinski definition) is 2. The number of halogens is 1. The van der Waals surface area contributed by atoms with Gasteiger partial charge in [0.2, 0.25) is 0 Å². The Morgan fingerprint density at radius 3 is 2.91 bits per heavy atom. The summed E-state index contributed by atoms with van der Waals surface area (Å²) < 4.78 is 14.0. The van der Waals surface area contributed by atoms with Crippen LogP contribution in [-0.4, -0.2) is 23.2 Å². The zero-order chi connectivity index (χ0) is 16.2. The Morgan fingerprint density at radius 2 is 2.13 bits per heavy atom. The van der Waals surface area contributed by atoms with Crippen molar-refractivity contribution in [3.63, 3.8) is 0 Å². The van der Waals surface area contributed by atoms with E-state index in [2.05, 4.69) is 12.2 Å². The summed E-state index contributed by atoms with van der Waals surface area (Å²) in [5.74, 6) is 0.541. The predicted molar refractivity (Wildman–Crippen MR) is 93.1 cm³/mol. The van der Waals surface area contributed by atoms with E-state index in [1.165, 1.54) is 11.6 Å². The van der Waals surface area contributed by atoms with Gasteiger partial charge in [-0.25, -0.2) is 9.18 Å². The fraction of sp³-hybridized carbons (Fsp3) is 0.278. The molecule has 3 nitrogen and oxygen atoms in total. The van der Waals surface area contributed by atoms with Gasteiger partial charge in [-0.05, 0) is 30.2 Å². The van der Waals surface area contributed by atoms with Crippen LogP contribution in [0.15, 0.2) is 48.5 Å². The van der Waals surface area contributed by atoms with Crippen LogP contribution >= 0.6 is 11.8 Å². The minimum atomic E-state index is -0.273. The number of hydrogen-bond donors (Lipinski definition) is 1. The first-order valence-corrected chi connectivity index (χ1v) is 8.76. The Bertz CT molecular complexity index is 707. The van der Waals surface area contributed by atoms with Crippen molar-refractivity contribution < 1.29 is 9.18 Å². The average Bonchev–Trinajstić information content (AvgIpc) is 3.05. The highest BCUT2D eigenvalue weighted by molar-refractivity contribution is 7.99. The molecule has 3 rings (SSSR count). The Balaban J connectivity index is 1.77. The predicted octanol–water partition coefficient (Wildman–Crippen LogP) is 4.67. The standard InChI is InChI=1S/C18H19FN2OS/c1-2-13-6-5-7-14(12-13)20-18(22)21-10-11-23-17(21)15-8-3-4-9-16(15)19/h3-9,12,17H,2,10-11H2,1H3,(H,20,22)/t17-/m0/s1. The fourth-order valence-corrected chi connectivity index (χ4v) is 3.95. The zero-order valence-corrected chi connectivity index (χ0v) is 13.8. The van der Waals surface area contributed by atoms with E-state index in [0.717, 1.165) is 17.9 Å². The third-order valence-electron chi connectivity index (χ3n) is 3.91. The Morgan fingerprint density at radius 1 is 1.30 bits per heavy atom. The van der Waals surface area contributed by atoms with Gasteiger partial charge in [-0.2, -0.15) is 0 Å². The molecule has 5 heteroatoms. The molecule has 1 atom stereocenters. The van der Waals surface area contributed by atoms with Crippen LogP contribution in [0, 0.1) is 5.82 Å². The molecule has 1 fully saturated rings. The molecule has 1 aliphatic rings. The molecule has 1 aliphatic heterocycles. The van der Waals surface area contributed by atoms with Gasteiger partial charge in [0.25, 0.3) is 0 Å². The van der Waals surface area contributed by atoms with E-state index >= 15 is 0 Å². The number of nitrogens with one attached hydrogen (secondary N) is 1. The Kier molecular flexibility index (Phi) is 4.86. The van der Waals surface area contributed by atoms with Gasteiger partial charge in [-0.1, -0.05) is 37.3 Å². The molecular weight excluding hydrogens is 311 g/mol. The van der Waals surface area contributed by atoms with Crippen molar-refractivity contribution in [2.75, 3.05) is 17.6 Å². The molecular formula is C18H19FN2OS. The van der Waals surface area contributed by atoms with Gasteiger partial charge in [-0.3, -0.25) is 0 Å². The average molecular weight is 330 g/mol. The number of carbonyl (C=O) groups is 1. The quantitative estimate of drug-likeness (QED) is 0.887. The maximum Gasteiger partial charge on any atom is 0.323 e. The molecule has 0 radical (unpaired) electrons. The second-order valence-corrected chi connectivity index (χ2v) is 6.61. The van der Waals surface area contributed by atoms with Crippen LogP contribution in [0.4, 0.5) is 14.9 Å². The maximum absolute atomic E-state index is 14.0. The smallest absolute Gasteiger partial charge is 0.308 e. The Hall–Kier alpha value is -2.01. The lowest BCUT2D eigenvalue weighted by atomic mass is 10.1. The molecule has 0 saturated carbocycles. The molecule has 0 spiro atoms. The molecule has 23 heavy (non-hydrogen) atoms. The van der Waals surface area contributed by atoms with E-state index < -0.39 is 0 Å². The van der Waals surface area contributed by atoms with Crippen LogP contribution in [0.3, 0.4) is 0 Å². The van der Waals surface area contributed by atoms with Crippen LogP contribution in [0.1, 0.15) is 23.4 Å². The van der Waals surface area contributed by atoms with Gasteiger partial charge in [0.15, 0.2) is 0 Å². The summed E-state index contributed by atoms with van der Waals surface area (Å²) in [6.07, 6.45) is 0.918. The lowest BCUT2D eigenvalue weighted by Gasteiger charge is -2.24.